The van der Waals surface area contributed by atoms with Gasteiger partial charge in [0.25, 0.3) is 0 Å². The van der Waals surface area contributed by atoms with Gasteiger partial charge in [-0.3, -0.25) is 14.7 Å². The monoisotopic (exact) mass is 457 g/mol. The Labute approximate surface area is 199 Å². The van der Waals surface area contributed by atoms with Crippen molar-refractivity contribution in [3.8, 4) is 6.07 Å². The van der Waals surface area contributed by atoms with Gasteiger partial charge in [0, 0.05) is 37.0 Å². The number of allylic oxidation sites excluding steroid dienone is 1. The second-order valence-corrected chi connectivity index (χ2v) is 8.58. The minimum Gasteiger partial charge on any atom is -0.468 e. The van der Waals surface area contributed by atoms with Crippen molar-refractivity contribution in [2.24, 2.45) is 10.9 Å². The Bertz CT molecular complexity index is 1200. The van der Waals surface area contributed by atoms with Crippen LogP contribution in [0.15, 0.2) is 64.8 Å². The van der Waals surface area contributed by atoms with Crippen molar-refractivity contribution < 1.29 is 19.1 Å². The van der Waals surface area contributed by atoms with Crippen LogP contribution < -0.4 is 0 Å². The van der Waals surface area contributed by atoms with Crippen LogP contribution in [0.5, 0.6) is 0 Å². The van der Waals surface area contributed by atoms with Crippen molar-refractivity contribution in [2.75, 3.05) is 20.3 Å². The van der Waals surface area contributed by atoms with Gasteiger partial charge in [-0.2, -0.15) is 5.26 Å². The van der Waals surface area contributed by atoms with E-state index in [2.05, 4.69) is 28.1 Å². The second-order valence-electron chi connectivity index (χ2n) is 8.58. The Balaban J connectivity index is 1.55. The maximum absolute atomic E-state index is 13.3. The predicted octanol–water partition coefficient (Wildman–Crippen LogP) is 3.74. The van der Waals surface area contributed by atoms with Crippen molar-refractivity contribution in [2.45, 2.75) is 32.9 Å². The molecule has 34 heavy (non-hydrogen) atoms. The van der Waals surface area contributed by atoms with Gasteiger partial charge in [-0.05, 0) is 42.7 Å². The summed E-state index contributed by atoms with van der Waals surface area (Å²) in [6.07, 6.45) is 0. The van der Waals surface area contributed by atoms with E-state index in [0.717, 1.165) is 13.1 Å². The van der Waals surface area contributed by atoms with Gasteiger partial charge in [-0.1, -0.05) is 36.4 Å². The molecule has 7 nitrogen and oxygen atoms in total. The number of aliphatic imine (C=N–C) groups is 1. The maximum Gasteiger partial charge on any atom is 0.336 e. The number of carbonyl (C=O) groups is 2. The minimum atomic E-state index is -0.779. The van der Waals surface area contributed by atoms with Gasteiger partial charge in [0.2, 0.25) is 0 Å². The van der Waals surface area contributed by atoms with Crippen LogP contribution in [-0.4, -0.2) is 42.8 Å². The zero-order valence-corrected chi connectivity index (χ0v) is 19.6. The van der Waals surface area contributed by atoms with E-state index >= 15 is 0 Å². The van der Waals surface area contributed by atoms with Crippen molar-refractivity contribution >= 4 is 17.7 Å². The van der Waals surface area contributed by atoms with Crippen LogP contribution in [0, 0.1) is 17.2 Å². The third kappa shape index (κ3) is 4.63. The average Bonchev–Trinajstić information content (AvgIpc) is 3.26. The van der Waals surface area contributed by atoms with E-state index in [1.807, 2.05) is 18.2 Å². The number of carbonyl (C=O) groups excluding carboxylic acids is 2. The normalized spacial score (nSPS) is 19.8. The number of nitriles is 1. The SMILES string of the molecule is COC(=O)C1C(C)=NC(C)=C(C(=O)OCCN2Cc3ccccc3C2)C1c1cccc(C#N)c1. The molecule has 0 saturated carbocycles. The van der Waals surface area contributed by atoms with E-state index in [4.69, 9.17) is 9.47 Å². The summed E-state index contributed by atoms with van der Waals surface area (Å²) in [7, 11) is 1.32. The zero-order chi connectivity index (χ0) is 24.2. The molecule has 0 N–H and O–H groups in total. The molecule has 0 saturated heterocycles. The highest BCUT2D eigenvalue weighted by molar-refractivity contribution is 6.07. The Morgan fingerprint density at radius 1 is 1.12 bits per heavy atom. The van der Waals surface area contributed by atoms with Crippen molar-refractivity contribution in [3.05, 3.63) is 82.1 Å². The van der Waals surface area contributed by atoms with E-state index < -0.39 is 23.8 Å². The average molecular weight is 458 g/mol. The summed E-state index contributed by atoms with van der Waals surface area (Å²) in [5.41, 5.74) is 5.09. The van der Waals surface area contributed by atoms with E-state index in [1.54, 1.807) is 32.0 Å². The molecule has 0 spiro atoms. The van der Waals surface area contributed by atoms with E-state index in [1.165, 1.54) is 18.2 Å². The standard InChI is InChI=1S/C27H27N3O4/c1-17-23(26(31)33-3)25(20-10-6-7-19(13-20)14-28)24(18(2)29-17)27(32)34-12-11-30-15-21-8-4-5-9-22(21)16-30/h4-10,13,23,25H,11-12,15-16H2,1-3H3. The Hall–Kier alpha value is -3.76. The summed E-state index contributed by atoms with van der Waals surface area (Å²) in [6.45, 7) is 5.97. The number of hydrogen-bond donors (Lipinski definition) is 0. The van der Waals surface area contributed by atoms with E-state index in [0.29, 0.717) is 34.7 Å². The van der Waals surface area contributed by atoms with Gasteiger partial charge in [0.15, 0.2) is 0 Å². The fourth-order valence-corrected chi connectivity index (χ4v) is 4.80. The van der Waals surface area contributed by atoms with Gasteiger partial charge in [-0.25, -0.2) is 4.79 Å². The quantitative estimate of drug-likeness (QED) is 0.614. The Morgan fingerprint density at radius 3 is 2.47 bits per heavy atom. The van der Waals surface area contributed by atoms with Crippen LogP contribution in [0.25, 0.3) is 0 Å². The maximum atomic E-state index is 13.3. The number of ether oxygens (including phenoxy) is 2. The first-order valence-corrected chi connectivity index (χ1v) is 11.2. The molecule has 2 heterocycles. The molecular formula is C27H27N3O4. The minimum absolute atomic E-state index is 0.222. The molecule has 0 aliphatic carbocycles. The molecule has 0 radical (unpaired) electrons. The third-order valence-corrected chi connectivity index (χ3v) is 6.43. The van der Waals surface area contributed by atoms with Crippen LogP contribution in [0.4, 0.5) is 0 Å². The Kier molecular flexibility index (Phi) is 6.90. The fourth-order valence-electron chi connectivity index (χ4n) is 4.80. The summed E-state index contributed by atoms with van der Waals surface area (Å²) < 4.78 is 10.7. The largest absolute Gasteiger partial charge is 0.468 e. The summed E-state index contributed by atoms with van der Waals surface area (Å²) in [5, 5.41) is 9.37. The molecule has 2 aromatic carbocycles. The number of nitrogens with zero attached hydrogens (tertiary/aromatic N) is 3. The number of esters is 2. The predicted molar refractivity (Wildman–Crippen MR) is 127 cm³/mol. The van der Waals surface area contributed by atoms with Crippen LogP contribution in [-0.2, 0) is 32.2 Å². The molecular weight excluding hydrogens is 430 g/mol. The summed E-state index contributed by atoms with van der Waals surface area (Å²) in [5.74, 6) is -2.42. The smallest absolute Gasteiger partial charge is 0.336 e. The molecule has 2 atom stereocenters. The van der Waals surface area contributed by atoms with Gasteiger partial charge >= 0.3 is 11.9 Å². The topological polar surface area (TPSA) is 92.0 Å². The van der Waals surface area contributed by atoms with Crippen LogP contribution in [0.1, 0.15) is 42.0 Å². The second kappa shape index (κ2) is 10.0. The molecule has 0 fully saturated rings. The number of rotatable bonds is 6. The highest BCUT2D eigenvalue weighted by atomic mass is 16.5. The van der Waals surface area contributed by atoms with Gasteiger partial charge in [0.1, 0.15) is 12.5 Å². The number of methoxy groups -OCH3 is 1. The molecule has 0 amide bonds. The highest BCUT2D eigenvalue weighted by Gasteiger charge is 2.42. The molecule has 4 rings (SSSR count). The molecule has 2 unspecified atom stereocenters. The highest BCUT2D eigenvalue weighted by Crippen LogP contribution is 2.40. The summed E-state index contributed by atoms with van der Waals surface area (Å²) >= 11 is 0. The first-order valence-electron chi connectivity index (χ1n) is 11.2. The van der Waals surface area contributed by atoms with Crippen LogP contribution in [0.3, 0.4) is 0 Å². The summed E-state index contributed by atoms with van der Waals surface area (Å²) in [4.78, 5) is 32.8. The molecule has 0 aromatic heterocycles. The Morgan fingerprint density at radius 2 is 1.82 bits per heavy atom. The third-order valence-electron chi connectivity index (χ3n) is 6.43. The molecule has 2 aliphatic rings. The number of fused-ring (bicyclic) bond motifs is 1. The van der Waals surface area contributed by atoms with Crippen molar-refractivity contribution in [1.29, 1.82) is 5.26 Å². The van der Waals surface area contributed by atoms with Crippen LogP contribution in [0.2, 0.25) is 0 Å². The lowest BCUT2D eigenvalue weighted by atomic mass is 9.75. The zero-order valence-electron chi connectivity index (χ0n) is 19.6. The molecule has 2 aliphatic heterocycles. The lowest BCUT2D eigenvalue weighted by Gasteiger charge is -2.31. The lowest BCUT2D eigenvalue weighted by Crippen LogP contribution is -2.36. The van der Waals surface area contributed by atoms with Gasteiger partial charge in [0.05, 0.1) is 24.3 Å². The fraction of sp³-hybridized carbons (Fsp3) is 0.333. The first-order chi connectivity index (χ1) is 16.4. The molecule has 7 heteroatoms. The van der Waals surface area contributed by atoms with E-state index in [-0.39, 0.29) is 6.61 Å². The van der Waals surface area contributed by atoms with Crippen molar-refractivity contribution in [1.82, 2.24) is 4.90 Å². The van der Waals surface area contributed by atoms with Gasteiger partial charge < -0.3 is 9.47 Å². The lowest BCUT2D eigenvalue weighted by molar-refractivity contribution is -0.144. The van der Waals surface area contributed by atoms with Crippen molar-refractivity contribution in [3.63, 3.8) is 0 Å². The summed E-state index contributed by atoms with van der Waals surface area (Å²) in [6, 6.07) is 17.3. The number of benzene rings is 2. The van der Waals surface area contributed by atoms with E-state index in [9.17, 15) is 14.9 Å². The first kappa shape index (κ1) is 23.4. The molecule has 174 valence electrons. The number of hydrogen-bond acceptors (Lipinski definition) is 7. The van der Waals surface area contributed by atoms with Gasteiger partial charge in [-0.15, -0.1) is 0 Å². The van der Waals surface area contributed by atoms with Crippen LogP contribution >= 0.6 is 0 Å². The molecule has 2 aromatic rings. The molecule has 0 bridgehead atoms.